The fraction of sp³-hybridized carbons (Fsp3) is 0.353. The van der Waals surface area contributed by atoms with Crippen molar-refractivity contribution in [1.29, 1.82) is 0 Å². The molecule has 6 heteroatoms. The van der Waals surface area contributed by atoms with Crippen molar-refractivity contribution >= 4 is 17.5 Å². The molecule has 1 aliphatic rings. The van der Waals surface area contributed by atoms with E-state index in [2.05, 4.69) is 17.4 Å². The lowest BCUT2D eigenvalue weighted by Crippen LogP contribution is -2.54. The number of likely N-dealkylation sites (tertiary alicyclic amines) is 1. The van der Waals surface area contributed by atoms with Gasteiger partial charge in [0.2, 0.25) is 5.91 Å². The van der Waals surface area contributed by atoms with E-state index < -0.39 is 0 Å². The number of benzene rings is 1. The minimum Gasteiger partial charge on any atom is -0.361 e. The van der Waals surface area contributed by atoms with Crippen molar-refractivity contribution in [3.05, 3.63) is 47.3 Å². The van der Waals surface area contributed by atoms with Gasteiger partial charge in [-0.2, -0.15) is 0 Å². The van der Waals surface area contributed by atoms with Gasteiger partial charge in [-0.05, 0) is 25.0 Å². The Morgan fingerprint density at radius 2 is 2.09 bits per heavy atom. The van der Waals surface area contributed by atoms with Crippen LogP contribution in [0.15, 0.2) is 34.9 Å². The first-order valence-electron chi connectivity index (χ1n) is 7.70. The average molecular weight is 313 g/mol. The zero-order valence-electron chi connectivity index (χ0n) is 13.2. The van der Waals surface area contributed by atoms with Gasteiger partial charge in [0, 0.05) is 24.8 Å². The van der Waals surface area contributed by atoms with Crippen LogP contribution in [0.2, 0.25) is 0 Å². The van der Waals surface area contributed by atoms with Gasteiger partial charge in [-0.25, -0.2) is 0 Å². The Morgan fingerprint density at radius 3 is 2.74 bits per heavy atom. The van der Waals surface area contributed by atoms with E-state index in [-0.39, 0.29) is 23.4 Å². The summed E-state index contributed by atoms with van der Waals surface area (Å²) in [7, 11) is 0. The first-order valence-corrected chi connectivity index (χ1v) is 7.70. The number of nitrogens with zero attached hydrogens (tertiary/aromatic N) is 2. The van der Waals surface area contributed by atoms with Crippen molar-refractivity contribution in [2.24, 2.45) is 5.92 Å². The minimum atomic E-state index is -0.195. The second kappa shape index (κ2) is 6.24. The van der Waals surface area contributed by atoms with E-state index in [1.165, 1.54) is 0 Å². The standard InChI is InChI=1S/C17H19N3O3/c1-3-12-6-4-5-7-14(12)18-16(21)13-9-20(10-13)17(22)15-8-11(2)23-19-15/h4-8,13H,3,9-10H2,1-2H3,(H,18,21). The van der Waals surface area contributed by atoms with Gasteiger partial charge in [0.05, 0.1) is 5.92 Å². The Kier molecular flexibility index (Phi) is 4.14. The molecular formula is C17H19N3O3. The van der Waals surface area contributed by atoms with E-state index in [1.54, 1.807) is 17.9 Å². The number of amides is 2. The highest BCUT2D eigenvalue weighted by atomic mass is 16.5. The van der Waals surface area contributed by atoms with E-state index in [0.29, 0.717) is 18.8 Å². The Bertz CT molecular complexity index is 732. The molecule has 1 aromatic carbocycles. The lowest BCUT2D eigenvalue weighted by atomic mass is 9.98. The summed E-state index contributed by atoms with van der Waals surface area (Å²) in [6.07, 6.45) is 0.858. The number of anilines is 1. The van der Waals surface area contributed by atoms with Gasteiger partial charge in [0.1, 0.15) is 5.76 Å². The number of aromatic nitrogens is 1. The lowest BCUT2D eigenvalue weighted by Gasteiger charge is -2.37. The summed E-state index contributed by atoms with van der Waals surface area (Å²) >= 11 is 0. The van der Waals surface area contributed by atoms with Gasteiger partial charge in [0.15, 0.2) is 5.69 Å². The Labute approximate surface area is 134 Å². The summed E-state index contributed by atoms with van der Waals surface area (Å²) in [6, 6.07) is 9.36. The highest BCUT2D eigenvalue weighted by Gasteiger charge is 2.37. The first kappa shape index (κ1) is 15.3. The fourth-order valence-electron chi connectivity index (χ4n) is 2.62. The van der Waals surface area contributed by atoms with Gasteiger partial charge >= 0.3 is 0 Å². The lowest BCUT2D eigenvalue weighted by molar-refractivity contribution is -0.123. The number of para-hydroxylation sites is 1. The average Bonchev–Trinajstić information content (AvgIpc) is 2.93. The largest absolute Gasteiger partial charge is 0.361 e. The second-order valence-electron chi connectivity index (χ2n) is 5.73. The molecule has 0 radical (unpaired) electrons. The van der Waals surface area contributed by atoms with Gasteiger partial charge in [-0.1, -0.05) is 30.3 Å². The normalized spacial score (nSPS) is 14.4. The molecule has 23 heavy (non-hydrogen) atoms. The predicted octanol–water partition coefficient (Wildman–Crippen LogP) is 2.26. The summed E-state index contributed by atoms with van der Waals surface area (Å²) in [5, 5.41) is 6.67. The molecule has 2 heterocycles. The quantitative estimate of drug-likeness (QED) is 0.939. The van der Waals surface area contributed by atoms with Gasteiger partial charge < -0.3 is 14.7 Å². The summed E-state index contributed by atoms with van der Waals surface area (Å²) in [4.78, 5) is 26.0. The molecule has 0 atom stereocenters. The monoisotopic (exact) mass is 313 g/mol. The second-order valence-corrected chi connectivity index (χ2v) is 5.73. The molecule has 2 amide bonds. The van der Waals surface area contributed by atoms with Crippen molar-refractivity contribution in [3.8, 4) is 0 Å². The maximum Gasteiger partial charge on any atom is 0.276 e. The number of rotatable bonds is 4. The zero-order valence-corrected chi connectivity index (χ0v) is 13.2. The molecule has 1 saturated heterocycles. The molecule has 0 bridgehead atoms. The molecule has 0 aliphatic carbocycles. The Hall–Kier alpha value is -2.63. The summed E-state index contributed by atoms with van der Waals surface area (Å²) < 4.78 is 4.91. The number of nitrogens with one attached hydrogen (secondary N) is 1. The van der Waals surface area contributed by atoms with Crippen molar-refractivity contribution < 1.29 is 14.1 Å². The van der Waals surface area contributed by atoms with Gasteiger partial charge in [-0.15, -0.1) is 0 Å². The predicted molar refractivity (Wildman–Crippen MR) is 85.1 cm³/mol. The van der Waals surface area contributed by atoms with Crippen molar-refractivity contribution in [2.75, 3.05) is 18.4 Å². The van der Waals surface area contributed by atoms with E-state index in [9.17, 15) is 9.59 Å². The number of hydrogen-bond acceptors (Lipinski definition) is 4. The number of carbonyl (C=O) groups is 2. The molecule has 0 spiro atoms. The van der Waals surface area contributed by atoms with E-state index in [0.717, 1.165) is 17.7 Å². The fourth-order valence-corrected chi connectivity index (χ4v) is 2.62. The van der Waals surface area contributed by atoms with Crippen molar-refractivity contribution in [2.45, 2.75) is 20.3 Å². The molecule has 2 aromatic rings. The molecular weight excluding hydrogens is 294 g/mol. The topological polar surface area (TPSA) is 75.4 Å². The smallest absolute Gasteiger partial charge is 0.276 e. The Balaban J connectivity index is 1.57. The number of hydrogen-bond donors (Lipinski definition) is 1. The van der Waals surface area contributed by atoms with Crippen LogP contribution in [0.5, 0.6) is 0 Å². The molecule has 120 valence electrons. The first-order chi connectivity index (χ1) is 11.1. The third-order valence-electron chi connectivity index (χ3n) is 4.04. The summed E-state index contributed by atoms with van der Waals surface area (Å²) in [6.45, 7) is 4.60. The maximum absolute atomic E-state index is 12.3. The van der Waals surface area contributed by atoms with Crippen LogP contribution in [0.1, 0.15) is 28.7 Å². The number of aryl methyl sites for hydroxylation is 2. The van der Waals surface area contributed by atoms with Crippen LogP contribution in [0.25, 0.3) is 0 Å². The van der Waals surface area contributed by atoms with E-state index in [4.69, 9.17) is 4.52 Å². The van der Waals surface area contributed by atoms with Crippen molar-refractivity contribution in [1.82, 2.24) is 10.1 Å². The molecule has 1 fully saturated rings. The van der Waals surface area contributed by atoms with Gasteiger partial charge in [0.25, 0.3) is 5.91 Å². The molecule has 1 aromatic heterocycles. The summed E-state index contributed by atoms with van der Waals surface area (Å²) in [5.41, 5.74) is 2.24. The minimum absolute atomic E-state index is 0.0497. The van der Waals surface area contributed by atoms with Crippen molar-refractivity contribution in [3.63, 3.8) is 0 Å². The Morgan fingerprint density at radius 1 is 1.35 bits per heavy atom. The summed E-state index contributed by atoms with van der Waals surface area (Å²) in [5.74, 6) is 0.169. The third-order valence-corrected chi connectivity index (χ3v) is 4.04. The number of carbonyl (C=O) groups excluding carboxylic acids is 2. The third kappa shape index (κ3) is 3.11. The molecule has 3 rings (SSSR count). The molecule has 1 N–H and O–H groups in total. The van der Waals surface area contributed by atoms with E-state index >= 15 is 0 Å². The molecule has 1 aliphatic heterocycles. The van der Waals surface area contributed by atoms with Crippen LogP contribution in [-0.4, -0.2) is 35.0 Å². The van der Waals surface area contributed by atoms with Gasteiger partial charge in [-0.3, -0.25) is 9.59 Å². The van der Waals surface area contributed by atoms with Crippen LogP contribution in [0.3, 0.4) is 0 Å². The maximum atomic E-state index is 12.3. The van der Waals surface area contributed by atoms with Crippen LogP contribution in [-0.2, 0) is 11.2 Å². The van der Waals surface area contributed by atoms with E-state index in [1.807, 2.05) is 24.3 Å². The van der Waals surface area contributed by atoms with Crippen LogP contribution >= 0.6 is 0 Å². The molecule has 0 unspecified atom stereocenters. The highest BCUT2D eigenvalue weighted by molar-refractivity contribution is 5.98. The van der Waals surface area contributed by atoms with Crippen LogP contribution < -0.4 is 5.32 Å². The zero-order chi connectivity index (χ0) is 16.4. The van der Waals surface area contributed by atoms with Crippen LogP contribution in [0.4, 0.5) is 5.69 Å². The highest BCUT2D eigenvalue weighted by Crippen LogP contribution is 2.22. The molecule has 0 saturated carbocycles. The molecule has 6 nitrogen and oxygen atoms in total. The SMILES string of the molecule is CCc1ccccc1NC(=O)C1CN(C(=O)c2cc(C)on2)C1. The van der Waals surface area contributed by atoms with Crippen LogP contribution in [0, 0.1) is 12.8 Å².